The molecule has 0 unspecified atom stereocenters. The van der Waals surface area contributed by atoms with Crippen LogP contribution in [0.25, 0.3) is 0 Å². The largest absolute Gasteiger partial charge is 0.485 e. The average molecular weight is 270 g/mol. The summed E-state index contributed by atoms with van der Waals surface area (Å²) in [5, 5.41) is 0. The van der Waals surface area contributed by atoms with E-state index >= 15 is 0 Å². The maximum absolute atomic E-state index is 13.0. The maximum Gasteiger partial charge on any atom is 0.200 e. The summed E-state index contributed by atoms with van der Waals surface area (Å²) in [6.45, 7) is -0.0672. The third-order valence-corrected chi connectivity index (χ3v) is 3.59. The number of hydrogen-bond acceptors (Lipinski definition) is 2. The Balaban J connectivity index is 1.66. The zero-order valence-electron chi connectivity index (χ0n) is 11.1. The molecular weight excluding hydrogens is 255 g/mol. The van der Waals surface area contributed by atoms with E-state index < -0.39 is 5.82 Å². The highest BCUT2D eigenvalue weighted by Gasteiger charge is 2.12. The van der Waals surface area contributed by atoms with Gasteiger partial charge in [0.15, 0.2) is 12.4 Å². The number of fused-ring (bicyclic) bond motifs is 1. The highest BCUT2D eigenvalue weighted by Crippen LogP contribution is 2.26. The van der Waals surface area contributed by atoms with E-state index in [9.17, 15) is 9.18 Å². The van der Waals surface area contributed by atoms with E-state index in [1.54, 1.807) is 6.07 Å². The Morgan fingerprint density at radius 1 is 1.10 bits per heavy atom. The molecule has 102 valence electrons. The van der Waals surface area contributed by atoms with E-state index in [1.807, 2.05) is 12.1 Å². The molecular formula is C17H15FO2. The first-order valence-corrected chi connectivity index (χ1v) is 6.76. The molecule has 0 amide bonds. The molecule has 1 aliphatic carbocycles. The molecule has 0 atom stereocenters. The highest BCUT2D eigenvalue weighted by atomic mass is 19.1. The fraction of sp³-hybridized carbons (Fsp3) is 0.235. The van der Waals surface area contributed by atoms with Crippen molar-refractivity contribution in [2.45, 2.75) is 19.3 Å². The van der Waals surface area contributed by atoms with E-state index in [0.717, 1.165) is 12.8 Å². The Morgan fingerprint density at radius 3 is 2.80 bits per heavy atom. The molecule has 2 nitrogen and oxygen atoms in total. The molecule has 0 saturated heterocycles. The van der Waals surface area contributed by atoms with Crippen LogP contribution >= 0.6 is 0 Å². The third kappa shape index (κ3) is 2.72. The van der Waals surface area contributed by atoms with Crippen molar-refractivity contribution in [2.75, 3.05) is 6.61 Å². The Kier molecular flexibility index (Phi) is 3.50. The lowest BCUT2D eigenvalue weighted by Gasteiger charge is -2.07. The van der Waals surface area contributed by atoms with Crippen LogP contribution < -0.4 is 4.74 Å². The van der Waals surface area contributed by atoms with Crippen LogP contribution in [0.1, 0.15) is 27.9 Å². The standard InChI is InChI=1S/C17H15FO2/c18-15-6-2-5-14(9-15)17(19)11-20-16-8-7-12-3-1-4-13(12)10-16/h2,5-10H,1,3-4,11H2. The lowest BCUT2D eigenvalue weighted by Crippen LogP contribution is -2.11. The summed E-state index contributed by atoms with van der Waals surface area (Å²) in [5.41, 5.74) is 3.01. The topological polar surface area (TPSA) is 26.3 Å². The maximum atomic E-state index is 13.0. The lowest BCUT2D eigenvalue weighted by atomic mass is 10.1. The van der Waals surface area contributed by atoms with Crippen LogP contribution in [0.15, 0.2) is 42.5 Å². The summed E-state index contributed by atoms with van der Waals surface area (Å²) in [6, 6.07) is 11.6. The molecule has 2 aromatic rings. The molecule has 0 aromatic heterocycles. The number of aryl methyl sites for hydroxylation is 2. The summed E-state index contributed by atoms with van der Waals surface area (Å²) in [5.74, 6) is 0.0776. The molecule has 3 heteroatoms. The van der Waals surface area contributed by atoms with Gasteiger partial charge in [-0.05, 0) is 54.7 Å². The molecule has 0 bridgehead atoms. The van der Waals surface area contributed by atoms with Crippen LogP contribution in [0.4, 0.5) is 4.39 Å². The number of rotatable bonds is 4. The third-order valence-electron chi connectivity index (χ3n) is 3.59. The van der Waals surface area contributed by atoms with Gasteiger partial charge in [0.1, 0.15) is 11.6 Å². The van der Waals surface area contributed by atoms with Gasteiger partial charge in [0.05, 0.1) is 0 Å². The first-order chi connectivity index (χ1) is 9.72. The van der Waals surface area contributed by atoms with Crippen molar-refractivity contribution < 1.29 is 13.9 Å². The molecule has 0 spiro atoms. The first kappa shape index (κ1) is 12.9. The van der Waals surface area contributed by atoms with Crippen LogP contribution in [0, 0.1) is 5.82 Å². The molecule has 0 N–H and O–H groups in total. The van der Waals surface area contributed by atoms with Gasteiger partial charge >= 0.3 is 0 Å². The van der Waals surface area contributed by atoms with Crippen molar-refractivity contribution in [3.05, 3.63) is 65.0 Å². The van der Waals surface area contributed by atoms with Crippen LogP contribution in [0.2, 0.25) is 0 Å². The summed E-state index contributed by atoms with van der Waals surface area (Å²) in [6.07, 6.45) is 3.38. The summed E-state index contributed by atoms with van der Waals surface area (Å²) in [4.78, 5) is 11.9. The summed E-state index contributed by atoms with van der Waals surface area (Å²) >= 11 is 0. The summed E-state index contributed by atoms with van der Waals surface area (Å²) < 4.78 is 18.6. The monoisotopic (exact) mass is 270 g/mol. The van der Waals surface area contributed by atoms with Crippen molar-refractivity contribution in [1.82, 2.24) is 0 Å². The quantitative estimate of drug-likeness (QED) is 0.794. The van der Waals surface area contributed by atoms with Crippen LogP contribution in [-0.4, -0.2) is 12.4 Å². The molecule has 1 aliphatic rings. The minimum atomic E-state index is -0.409. The number of ketones is 1. The van der Waals surface area contributed by atoms with Crippen molar-refractivity contribution in [2.24, 2.45) is 0 Å². The van der Waals surface area contributed by atoms with Gasteiger partial charge in [-0.25, -0.2) is 4.39 Å². The average Bonchev–Trinajstić information content (AvgIpc) is 2.92. The second kappa shape index (κ2) is 5.45. The van der Waals surface area contributed by atoms with Gasteiger partial charge in [0.25, 0.3) is 0 Å². The second-order valence-electron chi connectivity index (χ2n) is 5.01. The van der Waals surface area contributed by atoms with Gasteiger partial charge in [-0.3, -0.25) is 4.79 Å². The molecule has 0 aliphatic heterocycles. The predicted molar refractivity (Wildman–Crippen MR) is 74.7 cm³/mol. The number of benzene rings is 2. The molecule has 3 rings (SSSR count). The molecule has 0 saturated carbocycles. The zero-order chi connectivity index (χ0) is 13.9. The molecule has 0 radical (unpaired) electrons. The number of carbonyl (C=O) groups is 1. The van der Waals surface area contributed by atoms with E-state index in [4.69, 9.17) is 4.74 Å². The van der Waals surface area contributed by atoms with E-state index in [1.165, 1.54) is 35.7 Å². The van der Waals surface area contributed by atoms with Gasteiger partial charge in [-0.2, -0.15) is 0 Å². The lowest BCUT2D eigenvalue weighted by molar-refractivity contribution is 0.0921. The minimum Gasteiger partial charge on any atom is -0.485 e. The normalized spacial score (nSPS) is 13.1. The van der Waals surface area contributed by atoms with Crippen LogP contribution in [-0.2, 0) is 12.8 Å². The number of Topliss-reactive ketones (excluding diaryl/α,β-unsaturated/α-hetero) is 1. The first-order valence-electron chi connectivity index (χ1n) is 6.76. The minimum absolute atomic E-state index is 0.0672. The number of carbonyl (C=O) groups excluding carboxylic acids is 1. The molecule has 0 fully saturated rings. The van der Waals surface area contributed by atoms with Crippen molar-refractivity contribution in [1.29, 1.82) is 0 Å². The Labute approximate surface area is 117 Å². The Morgan fingerprint density at radius 2 is 1.95 bits per heavy atom. The zero-order valence-corrected chi connectivity index (χ0v) is 11.1. The SMILES string of the molecule is O=C(COc1ccc2c(c1)CCC2)c1cccc(F)c1. The smallest absolute Gasteiger partial charge is 0.200 e. The van der Waals surface area contributed by atoms with E-state index in [2.05, 4.69) is 6.07 Å². The van der Waals surface area contributed by atoms with Gasteiger partial charge < -0.3 is 4.74 Å². The predicted octanol–water partition coefficient (Wildman–Crippen LogP) is 3.58. The van der Waals surface area contributed by atoms with Gasteiger partial charge in [-0.1, -0.05) is 18.2 Å². The van der Waals surface area contributed by atoms with Crippen molar-refractivity contribution in [3.8, 4) is 5.75 Å². The molecule has 0 heterocycles. The number of halogens is 1. The fourth-order valence-electron chi connectivity index (χ4n) is 2.53. The number of ether oxygens (including phenoxy) is 1. The van der Waals surface area contributed by atoms with Crippen LogP contribution in [0.3, 0.4) is 0 Å². The summed E-state index contributed by atoms with van der Waals surface area (Å²) in [7, 11) is 0. The van der Waals surface area contributed by atoms with E-state index in [0.29, 0.717) is 11.3 Å². The van der Waals surface area contributed by atoms with Gasteiger partial charge in [0, 0.05) is 5.56 Å². The molecule has 20 heavy (non-hydrogen) atoms. The van der Waals surface area contributed by atoms with Crippen molar-refractivity contribution in [3.63, 3.8) is 0 Å². The molecule has 2 aromatic carbocycles. The fourth-order valence-corrected chi connectivity index (χ4v) is 2.53. The van der Waals surface area contributed by atoms with Crippen molar-refractivity contribution >= 4 is 5.78 Å². The van der Waals surface area contributed by atoms with Gasteiger partial charge in [0.2, 0.25) is 0 Å². The number of hydrogen-bond donors (Lipinski definition) is 0. The van der Waals surface area contributed by atoms with Gasteiger partial charge in [-0.15, -0.1) is 0 Å². The van der Waals surface area contributed by atoms with Crippen LogP contribution in [0.5, 0.6) is 5.75 Å². The Hall–Kier alpha value is -2.16. The highest BCUT2D eigenvalue weighted by molar-refractivity contribution is 5.97. The second-order valence-corrected chi connectivity index (χ2v) is 5.01. The van der Waals surface area contributed by atoms with E-state index in [-0.39, 0.29) is 12.4 Å². The Bertz CT molecular complexity index is 649.